The third-order valence-corrected chi connectivity index (χ3v) is 7.53. The molecule has 216 valence electrons. The Bertz CT molecular complexity index is 617. The van der Waals surface area contributed by atoms with E-state index in [1.165, 1.54) is 64.2 Å². The molecule has 0 radical (unpaired) electrons. The number of alkyl carbamates (subject to hydrolysis) is 2. The Morgan fingerprint density at radius 2 is 1.05 bits per heavy atom. The van der Waals surface area contributed by atoms with Crippen molar-refractivity contribution in [3.63, 3.8) is 0 Å². The number of carbonyl (C=O) groups excluding carboxylic acids is 2. The van der Waals surface area contributed by atoms with E-state index in [0.29, 0.717) is 11.8 Å². The molecular weight excluding hydrogens is 466 g/mol. The fourth-order valence-corrected chi connectivity index (χ4v) is 5.91. The van der Waals surface area contributed by atoms with Gasteiger partial charge in [0.25, 0.3) is 0 Å². The Morgan fingerprint density at radius 3 is 1.35 bits per heavy atom. The number of carbonyl (C=O) groups is 2. The van der Waals surface area contributed by atoms with Gasteiger partial charge in [0.1, 0.15) is 11.2 Å². The van der Waals surface area contributed by atoms with Crippen LogP contribution in [0.3, 0.4) is 0 Å². The average Bonchev–Trinajstić information content (AvgIpc) is 2.77. The summed E-state index contributed by atoms with van der Waals surface area (Å²) in [6.07, 6.45) is 14.0. The number of rotatable bonds is 11. The van der Waals surface area contributed by atoms with Crippen LogP contribution in [0.1, 0.15) is 126 Å². The van der Waals surface area contributed by atoms with Crippen molar-refractivity contribution in [2.24, 2.45) is 11.8 Å². The normalized spacial score (nSPS) is 19.8. The van der Waals surface area contributed by atoms with Gasteiger partial charge in [-0.15, -0.1) is 0 Å². The summed E-state index contributed by atoms with van der Waals surface area (Å²) in [5.41, 5.74) is -1.04. The monoisotopic (exact) mass is 523 g/mol. The van der Waals surface area contributed by atoms with Crippen LogP contribution in [0.15, 0.2) is 0 Å². The van der Waals surface area contributed by atoms with Gasteiger partial charge in [-0.2, -0.15) is 0 Å². The van der Waals surface area contributed by atoms with Crippen molar-refractivity contribution in [1.29, 1.82) is 0 Å². The van der Waals surface area contributed by atoms with Crippen LogP contribution in [-0.4, -0.2) is 60.0 Å². The van der Waals surface area contributed by atoms with Crippen molar-refractivity contribution >= 4 is 12.2 Å². The van der Waals surface area contributed by atoms with Gasteiger partial charge in [-0.05, 0) is 72.8 Å². The van der Waals surface area contributed by atoms with Crippen molar-refractivity contribution in [2.45, 2.75) is 149 Å². The zero-order valence-corrected chi connectivity index (χ0v) is 25.0. The predicted molar refractivity (Wildman–Crippen MR) is 151 cm³/mol. The first-order valence-corrected chi connectivity index (χ1v) is 15.0. The first kappa shape index (κ1) is 31.7. The Kier molecular flexibility index (Phi) is 13.0. The van der Waals surface area contributed by atoms with Crippen molar-refractivity contribution in [1.82, 2.24) is 15.5 Å². The maximum absolute atomic E-state index is 12.7. The molecule has 2 aliphatic carbocycles. The van der Waals surface area contributed by atoms with Crippen LogP contribution in [0.2, 0.25) is 0 Å². The number of ether oxygens (including phenoxy) is 2. The minimum Gasteiger partial charge on any atom is -0.444 e. The van der Waals surface area contributed by atoms with Gasteiger partial charge in [0.05, 0.1) is 0 Å². The molecule has 0 aromatic heterocycles. The molecule has 37 heavy (non-hydrogen) atoms. The van der Waals surface area contributed by atoms with E-state index >= 15 is 0 Å². The van der Waals surface area contributed by atoms with Gasteiger partial charge in [-0.25, -0.2) is 9.59 Å². The third kappa shape index (κ3) is 14.3. The van der Waals surface area contributed by atoms with Gasteiger partial charge in [-0.1, -0.05) is 71.1 Å². The first-order chi connectivity index (χ1) is 17.3. The topological polar surface area (TPSA) is 79.9 Å². The Balaban J connectivity index is 2.08. The van der Waals surface area contributed by atoms with Crippen LogP contribution in [0.5, 0.6) is 0 Å². The van der Waals surface area contributed by atoms with Gasteiger partial charge in [-0.3, -0.25) is 4.90 Å². The lowest BCUT2D eigenvalue weighted by atomic mass is 9.84. The van der Waals surface area contributed by atoms with Crippen molar-refractivity contribution < 1.29 is 19.1 Å². The molecule has 2 fully saturated rings. The molecule has 0 aliphatic heterocycles. The molecule has 7 heteroatoms. The zero-order valence-electron chi connectivity index (χ0n) is 25.0. The van der Waals surface area contributed by atoms with E-state index in [1.54, 1.807) is 0 Å². The van der Waals surface area contributed by atoms with Crippen LogP contribution in [-0.2, 0) is 9.47 Å². The summed E-state index contributed by atoms with van der Waals surface area (Å²) in [5, 5.41) is 6.39. The second kappa shape index (κ2) is 15.2. The highest BCUT2D eigenvalue weighted by atomic mass is 16.6. The molecule has 2 N–H and O–H groups in total. The molecule has 2 aliphatic rings. The lowest BCUT2D eigenvalue weighted by Crippen LogP contribution is -2.51. The highest BCUT2D eigenvalue weighted by molar-refractivity contribution is 5.68. The van der Waals surface area contributed by atoms with E-state index in [4.69, 9.17) is 9.47 Å². The standard InChI is InChI=1S/C30H57N3O4/c1-8-33(21-25(19-23-15-11-9-12-16-23)31-27(34)36-29(2,3)4)22-26(20-24-17-13-10-14-18-24)32-28(35)37-30(5,6)7/h23-26H,8-22H2,1-7H3,(H,31,34)(H,32,35). The van der Waals surface area contributed by atoms with E-state index in [2.05, 4.69) is 22.5 Å². The minimum absolute atomic E-state index is 0.0229. The van der Waals surface area contributed by atoms with Crippen molar-refractivity contribution in [3.05, 3.63) is 0 Å². The summed E-state index contributed by atoms with van der Waals surface area (Å²) in [6, 6.07) is 0.0458. The van der Waals surface area contributed by atoms with Crippen LogP contribution in [0.25, 0.3) is 0 Å². The van der Waals surface area contributed by atoms with Gasteiger partial charge >= 0.3 is 12.2 Å². The van der Waals surface area contributed by atoms with Crippen LogP contribution in [0.4, 0.5) is 9.59 Å². The van der Waals surface area contributed by atoms with E-state index in [0.717, 1.165) is 32.5 Å². The number of nitrogens with one attached hydrogen (secondary N) is 2. The molecule has 2 rings (SSSR count). The summed E-state index contributed by atoms with van der Waals surface area (Å²) in [6.45, 7) is 15.9. The smallest absolute Gasteiger partial charge is 0.407 e. The molecule has 0 spiro atoms. The number of hydrogen-bond donors (Lipinski definition) is 2. The average molecular weight is 524 g/mol. The number of amides is 2. The van der Waals surface area contributed by atoms with E-state index in [-0.39, 0.29) is 24.3 Å². The lowest BCUT2D eigenvalue weighted by Gasteiger charge is -2.35. The fourth-order valence-electron chi connectivity index (χ4n) is 5.91. The minimum atomic E-state index is -0.521. The molecule has 2 amide bonds. The SMILES string of the molecule is CCN(CC(CC1CCCCC1)NC(=O)OC(C)(C)C)CC(CC1CCCCC1)NC(=O)OC(C)(C)C. The number of hydrogen-bond acceptors (Lipinski definition) is 5. The number of likely N-dealkylation sites (N-methyl/N-ethyl adjacent to an activating group) is 1. The second-order valence-corrected chi connectivity index (χ2v) is 13.5. The van der Waals surface area contributed by atoms with Gasteiger partial charge in [0.15, 0.2) is 0 Å². The quantitative estimate of drug-likeness (QED) is 0.304. The Hall–Kier alpha value is -1.50. The Morgan fingerprint density at radius 1 is 0.703 bits per heavy atom. The van der Waals surface area contributed by atoms with Crippen LogP contribution >= 0.6 is 0 Å². The first-order valence-electron chi connectivity index (χ1n) is 15.0. The maximum Gasteiger partial charge on any atom is 0.407 e. The summed E-state index contributed by atoms with van der Waals surface area (Å²) in [5.74, 6) is 1.29. The van der Waals surface area contributed by atoms with E-state index in [9.17, 15) is 9.59 Å². The van der Waals surface area contributed by atoms with Gasteiger partial charge in [0.2, 0.25) is 0 Å². The van der Waals surface area contributed by atoms with Crippen LogP contribution in [0, 0.1) is 11.8 Å². The van der Waals surface area contributed by atoms with E-state index < -0.39 is 11.2 Å². The largest absolute Gasteiger partial charge is 0.444 e. The molecule has 0 bridgehead atoms. The molecule has 7 nitrogen and oxygen atoms in total. The third-order valence-electron chi connectivity index (χ3n) is 7.53. The summed E-state index contributed by atoms with van der Waals surface area (Å²) < 4.78 is 11.2. The molecular formula is C30H57N3O4. The molecule has 0 saturated heterocycles. The highest BCUT2D eigenvalue weighted by Gasteiger charge is 2.28. The zero-order chi connectivity index (χ0) is 27.5. The van der Waals surface area contributed by atoms with Crippen molar-refractivity contribution in [2.75, 3.05) is 19.6 Å². The number of nitrogens with zero attached hydrogens (tertiary/aromatic N) is 1. The molecule has 2 saturated carbocycles. The summed E-state index contributed by atoms with van der Waals surface area (Å²) in [4.78, 5) is 27.8. The lowest BCUT2D eigenvalue weighted by molar-refractivity contribution is 0.0467. The molecule has 2 unspecified atom stereocenters. The molecule has 0 aromatic rings. The highest BCUT2D eigenvalue weighted by Crippen LogP contribution is 2.29. The van der Waals surface area contributed by atoms with Crippen LogP contribution < -0.4 is 10.6 Å². The van der Waals surface area contributed by atoms with Gasteiger partial charge < -0.3 is 20.1 Å². The molecule has 0 heterocycles. The fraction of sp³-hybridized carbons (Fsp3) is 0.933. The second-order valence-electron chi connectivity index (χ2n) is 13.5. The summed E-state index contributed by atoms with van der Waals surface area (Å²) >= 11 is 0. The summed E-state index contributed by atoms with van der Waals surface area (Å²) in [7, 11) is 0. The maximum atomic E-state index is 12.7. The predicted octanol–water partition coefficient (Wildman–Crippen LogP) is 7.04. The van der Waals surface area contributed by atoms with Gasteiger partial charge in [0, 0.05) is 25.2 Å². The van der Waals surface area contributed by atoms with E-state index in [1.807, 2.05) is 41.5 Å². The molecule has 0 aromatic carbocycles. The molecule has 2 atom stereocenters. The Labute approximate surface area is 227 Å². The van der Waals surface area contributed by atoms with Crippen molar-refractivity contribution in [3.8, 4) is 0 Å².